The molecule has 0 radical (unpaired) electrons. The Morgan fingerprint density at radius 3 is 2.86 bits per heavy atom. The van der Waals surface area contributed by atoms with Crippen molar-refractivity contribution in [2.45, 2.75) is 6.92 Å². The molecule has 8 nitrogen and oxygen atoms in total. The number of nitrogen functional groups attached to an aromatic ring is 1. The van der Waals surface area contributed by atoms with Gasteiger partial charge in [0.25, 0.3) is 5.69 Å². The van der Waals surface area contributed by atoms with Crippen molar-refractivity contribution < 1.29 is 4.92 Å². The summed E-state index contributed by atoms with van der Waals surface area (Å²) >= 11 is 0. The number of hydrogen-bond acceptors (Lipinski definition) is 6. The molecule has 21 heavy (non-hydrogen) atoms. The Kier molecular flexibility index (Phi) is 3.75. The van der Waals surface area contributed by atoms with E-state index in [0.29, 0.717) is 18.1 Å². The van der Waals surface area contributed by atoms with E-state index in [0.717, 1.165) is 0 Å². The summed E-state index contributed by atoms with van der Waals surface area (Å²) in [6, 6.07) is 7.96. The van der Waals surface area contributed by atoms with Gasteiger partial charge in [-0.1, -0.05) is 6.07 Å². The highest BCUT2D eigenvalue weighted by atomic mass is 16.6. The molecule has 0 bridgehead atoms. The first-order valence-corrected chi connectivity index (χ1v) is 6.24. The lowest BCUT2D eigenvalue weighted by Crippen LogP contribution is -2.17. The number of anilines is 2. The van der Waals surface area contributed by atoms with E-state index in [4.69, 9.17) is 5.73 Å². The van der Waals surface area contributed by atoms with E-state index in [1.54, 1.807) is 24.1 Å². The predicted molar refractivity (Wildman–Crippen MR) is 78.3 cm³/mol. The molecule has 1 aromatic heterocycles. The van der Waals surface area contributed by atoms with Crippen molar-refractivity contribution in [2.24, 2.45) is 0 Å². The summed E-state index contributed by atoms with van der Waals surface area (Å²) in [6.07, 6.45) is 0. The molecule has 108 valence electrons. The van der Waals surface area contributed by atoms with Crippen LogP contribution in [0, 0.1) is 21.4 Å². The Balaban J connectivity index is 2.60. The van der Waals surface area contributed by atoms with E-state index in [1.807, 2.05) is 13.0 Å². The molecule has 0 spiro atoms. The lowest BCUT2D eigenvalue weighted by atomic mass is 10.2. The van der Waals surface area contributed by atoms with Crippen LogP contribution < -0.4 is 10.6 Å². The Morgan fingerprint density at radius 2 is 2.29 bits per heavy atom. The Bertz CT molecular complexity index is 731. The number of benzene rings is 1. The number of hydrogen-bond donors (Lipinski definition) is 1. The van der Waals surface area contributed by atoms with Crippen LogP contribution in [0.3, 0.4) is 0 Å². The zero-order valence-electron chi connectivity index (χ0n) is 11.6. The predicted octanol–water partition coefficient (Wildman–Crippen LogP) is 1.69. The average molecular weight is 286 g/mol. The quantitative estimate of drug-likeness (QED) is 0.675. The Morgan fingerprint density at radius 1 is 1.57 bits per heavy atom. The van der Waals surface area contributed by atoms with Crippen molar-refractivity contribution in [2.75, 3.05) is 24.2 Å². The zero-order chi connectivity index (χ0) is 15.6. The highest BCUT2D eigenvalue weighted by Crippen LogP contribution is 2.27. The van der Waals surface area contributed by atoms with Crippen molar-refractivity contribution >= 4 is 17.3 Å². The molecule has 0 amide bonds. The van der Waals surface area contributed by atoms with Gasteiger partial charge in [-0.2, -0.15) is 5.26 Å². The number of nitro benzene ring substituents is 1. The summed E-state index contributed by atoms with van der Waals surface area (Å²) in [5.74, 6) is 0.609. The fourth-order valence-electron chi connectivity index (χ4n) is 1.88. The number of nitrogens with two attached hydrogens (primary N) is 1. The van der Waals surface area contributed by atoms with E-state index in [-0.39, 0.29) is 17.1 Å². The molecule has 0 saturated carbocycles. The maximum atomic E-state index is 10.8. The van der Waals surface area contributed by atoms with Gasteiger partial charge in [0.2, 0.25) is 0 Å². The average Bonchev–Trinajstić information content (AvgIpc) is 2.83. The van der Waals surface area contributed by atoms with Gasteiger partial charge in [0.1, 0.15) is 17.5 Å². The minimum absolute atomic E-state index is 0.0636. The smallest absolute Gasteiger partial charge is 0.271 e. The van der Waals surface area contributed by atoms with Gasteiger partial charge < -0.3 is 10.6 Å². The van der Waals surface area contributed by atoms with Gasteiger partial charge in [0.15, 0.2) is 5.82 Å². The summed E-state index contributed by atoms with van der Waals surface area (Å²) in [4.78, 5) is 12.1. The molecule has 1 aromatic carbocycles. The molecular formula is C13H14N6O2. The van der Waals surface area contributed by atoms with Crippen molar-refractivity contribution in [1.29, 1.82) is 5.26 Å². The highest BCUT2D eigenvalue weighted by Gasteiger charge is 2.19. The molecule has 2 rings (SSSR count). The molecule has 0 atom stereocenters. The van der Waals surface area contributed by atoms with Gasteiger partial charge >= 0.3 is 0 Å². The van der Waals surface area contributed by atoms with Gasteiger partial charge in [-0.15, -0.1) is 5.10 Å². The van der Waals surface area contributed by atoms with Crippen LogP contribution in [0.15, 0.2) is 24.3 Å². The van der Waals surface area contributed by atoms with E-state index in [1.165, 1.54) is 16.8 Å². The number of nitro groups is 1. The fraction of sp³-hybridized carbons (Fsp3) is 0.231. The van der Waals surface area contributed by atoms with Crippen LogP contribution >= 0.6 is 0 Å². The van der Waals surface area contributed by atoms with Crippen LogP contribution in [0.2, 0.25) is 0 Å². The molecule has 0 aliphatic rings. The third-order valence-corrected chi connectivity index (χ3v) is 3.14. The Hall–Kier alpha value is -3.08. The van der Waals surface area contributed by atoms with Crippen LogP contribution in [0.5, 0.6) is 0 Å². The van der Waals surface area contributed by atoms with Crippen LogP contribution in [-0.4, -0.2) is 28.3 Å². The standard InChI is InChI=1S/C13H14N6O2/c1-3-17(2)13-11(8-14)12(15)18(16-13)9-5-4-6-10(7-9)19(20)21/h4-7H,3,15H2,1-2H3. The molecule has 0 saturated heterocycles. The van der Waals surface area contributed by atoms with Crippen molar-refractivity contribution in [3.05, 3.63) is 39.9 Å². The van der Waals surface area contributed by atoms with Gasteiger partial charge in [-0.25, -0.2) is 4.68 Å². The van der Waals surface area contributed by atoms with Crippen LogP contribution in [0.4, 0.5) is 17.3 Å². The number of nitrogens with zero attached hydrogens (tertiary/aromatic N) is 5. The second-order valence-electron chi connectivity index (χ2n) is 4.40. The normalized spacial score (nSPS) is 10.1. The van der Waals surface area contributed by atoms with E-state index >= 15 is 0 Å². The van der Waals surface area contributed by atoms with Crippen molar-refractivity contribution in [3.8, 4) is 11.8 Å². The number of aromatic nitrogens is 2. The van der Waals surface area contributed by atoms with Crippen molar-refractivity contribution in [1.82, 2.24) is 9.78 Å². The topological polar surface area (TPSA) is 114 Å². The number of non-ortho nitro benzene ring substituents is 1. The molecule has 0 aliphatic heterocycles. The van der Waals surface area contributed by atoms with Crippen LogP contribution in [-0.2, 0) is 0 Å². The molecule has 0 unspecified atom stereocenters. The zero-order valence-corrected chi connectivity index (χ0v) is 11.6. The van der Waals surface area contributed by atoms with E-state index in [9.17, 15) is 15.4 Å². The van der Waals surface area contributed by atoms with Gasteiger partial charge in [-0.3, -0.25) is 10.1 Å². The molecule has 1 heterocycles. The SMILES string of the molecule is CCN(C)c1nn(-c2cccc([N+](=O)[O-])c2)c(N)c1C#N. The van der Waals surface area contributed by atoms with Gasteiger partial charge in [0, 0.05) is 25.7 Å². The van der Waals surface area contributed by atoms with E-state index < -0.39 is 4.92 Å². The third kappa shape index (κ3) is 2.49. The number of rotatable bonds is 4. The minimum atomic E-state index is -0.493. The fourth-order valence-corrected chi connectivity index (χ4v) is 1.88. The molecular weight excluding hydrogens is 272 g/mol. The first-order chi connectivity index (χ1) is 9.99. The minimum Gasteiger partial charge on any atom is -0.382 e. The monoisotopic (exact) mass is 286 g/mol. The van der Waals surface area contributed by atoms with Crippen LogP contribution in [0.25, 0.3) is 5.69 Å². The summed E-state index contributed by atoms with van der Waals surface area (Å²) in [7, 11) is 1.79. The third-order valence-electron chi connectivity index (χ3n) is 3.14. The summed E-state index contributed by atoms with van der Waals surface area (Å²) in [6.45, 7) is 2.57. The molecule has 2 aromatic rings. The maximum Gasteiger partial charge on any atom is 0.271 e. The van der Waals surface area contributed by atoms with Crippen LogP contribution in [0.1, 0.15) is 12.5 Å². The summed E-state index contributed by atoms with van der Waals surface area (Å²) < 4.78 is 1.34. The van der Waals surface area contributed by atoms with E-state index in [2.05, 4.69) is 5.10 Å². The number of nitriles is 1. The molecule has 2 N–H and O–H groups in total. The molecule has 0 fully saturated rings. The molecule has 0 aliphatic carbocycles. The molecule has 8 heteroatoms. The lowest BCUT2D eigenvalue weighted by Gasteiger charge is -2.12. The second kappa shape index (κ2) is 5.50. The van der Waals surface area contributed by atoms with Gasteiger partial charge in [-0.05, 0) is 13.0 Å². The first kappa shape index (κ1) is 14.3. The largest absolute Gasteiger partial charge is 0.382 e. The highest BCUT2D eigenvalue weighted by molar-refractivity contribution is 5.67. The maximum absolute atomic E-state index is 10.8. The first-order valence-electron chi connectivity index (χ1n) is 6.24. The van der Waals surface area contributed by atoms with Gasteiger partial charge in [0.05, 0.1) is 10.6 Å². The second-order valence-corrected chi connectivity index (χ2v) is 4.40. The van der Waals surface area contributed by atoms with Crippen molar-refractivity contribution in [3.63, 3.8) is 0 Å². The Labute approximate surface area is 121 Å². The summed E-state index contributed by atoms with van der Waals surface area (Å²) in [5.41, 5.74) is 6.58. The lowest BCUT2D eigenvalue weighted by molar-refractivity contribution is -0.384. The summed E-state index contributed by atoms with van der Waals surface area (Å²) in [5, 5.41) is 24.4.